The Morgan fingerprint density at radius 1 is 1.15 bits per heavy atom. The van der Waals surface area contributed by atoms with Crippen molar-refractivity contribution in [2.75, 3.05) is 7.05 Å². The summed E-state index contributed by atoms with van der Waals surface area (Å²) in [7, 11) is 1.80. The summed E-state index contributed by atoms with van der Waals surface area (Å²) in [6, 6.07) is -0.293. The Morgan fingerprint density at radius 2 is 1.80 bits per heavy atom. The van der Waals surface area contributed by atoms with Gasteiger partial charge in [-0.25, -0.2) is 9.59 Å². The highest BCUT2D eigenvalue weighted by Gasteiger charge is 2.45. The number of Topliss-reactive ketones (excluding diaryl/α,β-unsaturated/α-hetero) is 2. The molecule has 0 aromatic carbocycles. The van der Waals surface area contributed by atoms with Gasteiger partial charge in [0.25, 0.3) is 0 Å². The molecule has 1 saturated carbocycles. The van der Waals surface area contributed by atoms with Gasteiger partial charge < -0.3 is 15.6 Å². The molecule has 3 atom stereocenters. The zero-order valence-corrected chi connectivity index (χ0v) is 24.9. The molecule has 3 rings (SSSR count). The number of ether oxygens (including phenoxy) is 1. The van der Waals surface area contributed by atoms with E-state index in [1.54, 1.807) is 39.2 Å². The number of quaternary nitrogens is 1. The van der Waals surface area contributed by atoms with Crippen molar-refractivity contribution in [3.8, 4) is 0 Å². The molecule has 3 unspecified atom stereocenters. The van der Waals surface area contributed by atoms with Crippen LogP contribution in [0.25, 0.3) is 0 Å². The molecular weight excluding hydrogens is 510 g/mol. The molecule has 0 aromatic heterocycles. The Kier molecular flexibility index (Phi) is 15.3. The monoisotopic (exact) mass is 558 g/mol. The van der Waals surface area contributed by atoms with Crippen molar-refractivity contribution in [2.24, 2.45) is 16.6 Å². The first-order valence-corrected chi connectivity index (χ1v) is 14.4. The highest BCUT2D eigenvalue weighted by Crippen LogP contribution is 2.33. The number of amides is 2. The predicted molar refractivity (Wildman–Crippen MR) is 157 cm³/mol. The Hall–Kier alpha value is -3.17. The summed E-state index contributed by atoms with van der Waals surface area (Å²) in [5.74, 6) is -0.420. The number of carboxylic acid groups (broad SMARTS) is 1. The molecule has 0 bridgehead atoms. The second-order valence-electron chi connectivity index (χ2n) is 10.0. The van der Waals surface area contributed by atoms with Gasteiger partial charge in [0.1, 0.15) is 17.8 Å². The number of carbonyl (C=O) groups excluding carboxylic acids is 3. The molecule has 3 N–H and O–H groups in total. The zero-order chi connectivity index (χ0) is 30.3. The molecule has 2 aliphatic heterocycles. The van der Waals surface area contributed by atoms with Gasteiger partial charge in [-0.1, -0.05) is 64.8 Å². The molecule has 2 heterocycles. The van der Waals surface area contributed by atoms with Crippen LogP contribution in [0.5, 0.6) is 0 Å². The fourth-order valence-electron chi connectivity index (χ4n) is 5.00. The smallest absolute Gasteiger partial charge is 0.451 e. The average molecular weight is 559 g/mol. The van der Waals surface area contributed by atoms with Gasteiger partial charge in [0.05, 0.1) is 18.7 Å². The van der Waals surface area contributed by atoms with Crippen LogP contribution in [0, 0.1) is 5.92 Å². The van der Waals surface area contributed by atoms with Crippen LogP contribution in [0.3, 0.4) is 0 Å². The van der Waals surface area contributed by atoms with Gasteiger partial charge in [0.15, 0.2) is 5.78 Å². The molecule has 9 heteroatoms. The molecule has 3 aliphatic rings. The highest BCUT2D eigenvalue weighted by molar-refractivity contribution is 6.06. The number of ketones is 2. The molecule has 0 radical (unpaired) electrons. The molecule has 1 aliphatic carbocycles. The van der Waals surface area contributed by atoms with Gasteiger partial charge in [-0.15, -0.1) is 4.99 Å². The minimum absolute atomic E-state index is 0.00523. The van der Waals surface area contributed by atoms with Crippen molar-refractivity contribution >= 4 is 29.4 Å². The third kappa shape index (κ3) is 9.78. The van der Waals surface area contributed by atoms with E-state index >= 15 is 0 Å². The first-order chi connectivity index (χ1) is 19.1. The SMILES string of the molecule is C=C/C(C(=O)CC)=C(\C=C/C)C(=O)O.CC.C[N+]1(C2CCC(CCC(=O)C3CCCCC3)O2)C=CC(N)=NC1=O. The summed E-state index contributed by atoms with van der Waals surface area (Å²) >= 11 is 0. The normalized spacial score (nSPS) is 25.1. The second kappa shape index (κ2) is 17.5. The molecular formula is C31H48N3O6+. The molecule has 2 amide bonds. The zero-order valence-electron chi connectivity index (χ0n) is 24.9. The maximum absolute atomic E-state index is 12.3. The molecule has 9 nitrogen and oxygen atoms in total. The number of carboxylic acids is 1. The molecule has 0 aromatic rings. The predicted octanol–water partition coefficient (Wildman–Crippen LogP) is 6.01. The number of aliphatic carboxylic acids is 1. The van der Waals surface area contributed by atoms with E-state index in [0.29, 0.717) is 12.2 Å². The fraction of sp³-hybridized carbons (Fsp3) is 0.581. The summed E-state index contributed by atoms with van der Waals surface area (Å²) in [4.78, 5) is 50.5. The maximum Gasteiger partial charge on any atom is 0.451 e. The number of hydrogen-bond acceptors (Lipinski definition) is 6. The Balaban J connectivity index is 0.000000430. The van der Waals surface area contributed by atoms with Crippen molar-refractivity contribution in [2.45, 2.75) is 104 Å². The summed E-state index contributed by atoms with van der Waals surface area (Å²) in [6.45, 7) is 10.8. The molecule has 40 heavy (non-hydrogen) atoms. The van der Waals surface area contributed by atoms with Crippen molar-refractivity contribution in [1.82, 2.24) is 0 Å². The third-order valence-corrected chi connectivity index (χ3v) is 7.33. The van der Waals surface area contributed by atoms with Gasteiger partial charge in [0.2, 0.25) is 6.23 Å². The lowest BCUT2D eigenvalue weighted by molar-refractivity contribution is -0.830. The molecule has 222 valence electrons. The van der Waals surface area contributed by atoms with Gasteiger partial charge >= 0.3 is 12.0 Å². The molecule has 0 spiro atoms. The van der Waals surface area contributed by atoms with E-state index < -0.39 is 5.97 Å². The summed E-state index contributed by atoms with van der Waals surface area (Å²) in [6.07, 6.45) is 16.6. The number of urea groups is 1. The first kappa shape index (κ1) is 34.9. The lowest BCUT2D eigenvalue weighted by Crippen LogP contribution is -2.53. The number of aliphatic imine (C=N–C) groups is 1. The van der Waals surface area contributed by atoms with Crippen molar-refractivity contribution in [3.63, 3.8) is 0 Å². The summed E-state index contributed by atoms with van der Waals surface area (Å²) in [5, 5.41) is 8.84. The first-order valence-electron chi connectivity index (χ1n) is 14.4. The van der Waals surface area contributed by atoms with E-state index in [1.165, 1.54) is 31.4 Å². The quantitative estimate of drug-likeness (QED) is 0.190. The lowest BCUT2D eigenvalue weighted by atomic mass is 9.84. The third-order valence-electron chi connectivity index (χ3n) is 7.33. The van der Waals surface area contributed by atoms with Crippen LogP contribution in [0.15, 0.2) is 53.2 Å². The van der Waals surface area contributed by atoms with Crippen LogP contribution < -0.4 is 5.73 Å². The summed E-state index contributed by atoms with van der Waals surface area (Å²) < 4.78 is 6.09. The van der Waals surface area contributed by atoms with E-state index in [0.717, 1.165) is 32.1 Å². The van der Waals surface area contributed by atoms with Crippen LogP contribution in [-0.4, -0.2) is 58.4 Å². The van der Waals surface area contributed by atoms with Crippen molar-refractivity contribution in [3.05, 3.63) is 48.2 Å². The second-order valence-corrected chi connectivity index (χ2v) is 10.0. The maximum atomic E-state index is 12.3. The van der Waals surface area contributed by atoms with Crippen LogP contribution in [0.4, 0.5) is 4.79 Å². The molecule has 1 saturated heterocycles. The number of nitrogens with two attached hydrogens (primary N) is 1. The van der Waals surface area contributed by atoms with E-state index in [2.05, 4.69) is 11.6 Å². The number of hydrogen-bond donors (Lipinski definition) is 2. The van der Waals surface area contributed by atoms with Crippen LogP contribution in [0.2, 0.25) is 0 Å². The van der Waals surface area contributed by atoms with E-state index in [9.17, 15) is 19.2 Å². The number of allylic oxidation sites excluding steroid dienone is 3. The van der Waals surface area contributed by atoms with Crippen LogP contribution in [0.1, 0.15) is 91.9 Å². The average Bonchev–Trinajstić information content (AvgIpc) is 3.45. The molecule has 2 fully saturated rings. The number of nitrogens with zero attached hydrogens (tertiary/aromatic N) is 2. The van der Waals surface area contributed by atoms with Gasteiger partial charge in [0, 0.05) is 36.8 Å². The van der Waals surface area contributed by atoms with E-state index in [4.69, 9.17) is 15.6 Å². The summed E-state index contributed by atoms with van der Waals surface area (Å²) in [5.41, 5.74) is 5.74. The standard InChI is InChI=1S/C18H27N3O3.C11H14O3.C2H6/c1-21(12-11-16(19)20-18(21)23)17-10-8-14(24-17)7-9-15(22)13-5-3-2-4-6-13;1-4-7-9(11(13)14)8(5-2)10(12)6-3;1-2/h11-14,17H,2-10H2,1H3,(H-,19,20,23);4-5,7H,2,6H2,1,3H3,(H,13,14);1-2H3/p+1/b;7-4-,9-8-;. The van der Waals surface area contributed by atoms with E-state index in [1.807, 2.05) is 13.8 Å². The number of amidine groups is 1. The van der Waals surface area contributed by atoms with Crippen molar-refractivity contribution < 1.29 is 33.5 Å². The minimum atomic E-state index is -1.11. The number of rotatable bonds is 10. The van der Waals surface area contributed by atoms with Crippen LogP contribution in [-0.2, 0) is 19.1 Å². The minimum Gasteiger partial charge on any atom is -0.478 e. The Morgan fingerprint density at radius 3 is 2.33 bits per heavy atom. The topological polar surface area (TPSA) is 136 Å². The largest absolute Gasteiger partial charge is 0.478 e. The van der Waals surface area contributed by atoms with Gasteiger partial charge in [-0.3, -0.25) is 9.59 Å². The fourth-order valence-corrected chi connectivity index (χ4v) is 5.00. The van der Waals surface area contributed by atoms with Gasteiger partial charge in [-0.05, 0) is 32.6 Å². The highest BCUT2D eigenvalue weighted by atomic mass is 16.5. The van der Waals surface area contributed by atoms with Gasteiger partial charge in [-0.2, -0.15) is 4.48 Å². The Labute approximate surface area is 239 Å². The van der Waals surface area contributed by atoms with Crippen molar-refractivity contribution in [1.29, 1.82) is 0 Å². The van der Waals surface area contributed by atoms with E-state index in [-0.39, 0.29) is 57.9 Å². The Bertz CT molecular complexity index is 1040. The lowest BCUT2D eigenvalue weighted by Gasteiger charge is -2.32. The number of carbonyl (C=O) groups is 4. The van der Waals surface area contributed by atoms with Crippen LogP contribution >= 0.6 is 0 Å².